The minimum atomic E-state index is 0.742. The van der Waals surface area contributed by atoms with Crippen LogP contribution in [0.3, 0.4) is 0 Å². The highest BCUT2D eigenvalue weighted by Crippen LogP contribution is 2.51. The number of allylic oxidation sites excluding steroid dienone is 1. The highest BCUT2D eigenvalue weighted by Gasteiger charge is 2.38. The van der Waals surface area contributed by atoms with Crippen LogP contribution in [-0.4, -0.2) is 0 Å². The third-order valence-corrected chi connectivity index (χ3v) is 3.80. The van der Waals surface area contributed by atoms with E-state index in [1.165, 1.54) is 23.1 Å². The van der Waals surface area contributed by atoms with Crippen LogP contribution >= 0.6 is 0 Å². The van der Waals surface area contributed by atoms with Gasteiger partial charge in [-0.3, -0.25) is 0 Å². The van der Waals surface area contributed by atoms with Gasteiger partial charge in [0.05, 0.1) is 0 Å². The van der Waals surface area contributed by atoms with E-state index in [4.69, 9.17) is 0 Å². The molecular formula is C18H18. The first-order valence-corrected chi connectivity index (χ1v) is 6.63. The summed E-state index contributed by atoms with van der Waals surface area (Å²) in [6, 6.07) is 21.5. The van der Waals surface area contributed by atoms with Gasteiger partial charge in [-0.2, -0.15) is 0 Å². The van der Waals surface area contributed by atoms with Crippen LogP contribution in [0.1, 0.15) is 30.4 Å². The van der Waals surface area contributed by atoms with E-state index in [0.29, 0.717) is 0 Å². The van der Waals surface area contributed by atoms with E-state index in [-0.39, 0.29) is 0 Å². The van der Waals surface area contributed by atoms with E-state index in [1.54, 1.807) is 0 Å². The Hall–Kier alpha value is -1.82. The van der Waals surface area contributed by atoms with Gasteiger partial charge in [-0.1, -0.05) is 72.3 Å². The first kappa shape index (κ1) is 11.3. The lowest BCUT2D eigenvalue weighted by molar-refractivity contribution is 0.947. The largest absolute Gasteiger partial charge is 0.0690 e. The molecule has 0 amide bonds. The molecule has 0 aliphatic heterocycles. The summed E-state index contributed by atoms with van der Waals surface area (Å²) in [5.74, 6) is 1.48. The smallest absolute Gasteiger partial charge is 0.00902 e. The highest BCUT2D eigenvalue weighted by molar-refractivity contribution is 5.54. The lowest BCUT2D eigenvalue weighted by atomic mass is 10.0. The van der Waals surface area contributed by atoms with E-state index in [1.807, 2.05) is 0 Å². The number of hydrogen-bond acceptors (Lipinski definition) is 0. The zero-order valence-corrected chi connectivity index (χ0v) is 10.7. The maximum absolute atomic E-state index is 2.33. The van der Waals surface area contributed by atoms with Gasteiger partial charge in [-0.15, -0.1) is 0 Å². The predicted octanol–water partition coefficient (Wildman–Crippen LogP) is 4.89. The topological polar surface area (TPSA) is 0 Å². The third-order valence-electron chi connectivity index (χ3n) is 3.80. The molecule has 0 spiro atoms. The van der Waals surface area contributed by atoms with E-state index in [9.17, 15) is 0 Å². The predicted molar refractivity (Wildman–Crippen MR) is 77.4 cm³/mol. The zero-order chi connectivity index (χ0) is 12.4. The van der Waals surface area contributed by atoms with E-state index in [0.717, 1.165) is 11.8 Å². The molecule has 0 aromatic heterocycles. The quantitative estimate of drug-likeness (QED) is 0.709. The van der Waals surface area contributed by atoms with Crippen LogP contribution in [0.25, 0.3) is 6.08 Å². The minimum Gasteiger partial charge on any atom is -0.0690 e. The molecule has 0 heteroatoms. The summed E-state index contributed by atoms with van der Waals surface area (Å²) >= 11 is 0. The van der Waals surface area contributed by atoms with Crippen molar-refractivity contribution >= 4 is 6.08 Å². The molecule has 0 saturated heterocycles. The first-order valence-electron chi connectivity index (χ1n) is 6.63. The van der Waals surface area contributed by atoms with Gasteiger partial charge in [0.1, 0.15) is 0 Å². The van der Waals surface area contributed by atoms with Gasteiger partial charge in [0.15, 0.2) is 0 Å². The summed E-state index contributed by atoms with van der Waals surface area (Å²) in [5, 5.41) is 0. The molecular weight excluding hydrogens is 216 g/mol. The van der Waals surface area contributed by atoms with Crippen LogP contribution in [0.2, 0.25) is 0 Å². The van der Waals surface area contributed by atoms with Gasteiger partial charge in [0.2, 0.25) is 0 Å². The summed E-state index contributed by atoms with van der Waals surface area (Å²) in [7, 11) is 0. The molecule has 0 bridgehead atoms. The van der Waals surface area contributed by atoms with Crippen LogP contribution in [0.4, 0.5) is 0 Å². The van der Waals surface area contributed by atoms with Crippen molar-refractivity contribution in [2.24, 2.45) is 5.92 Å². The Morgan fingerprint density at radius 2 is 1.56 bits per heavy atom. The Morgan fingerprint density at radius 1 is 0.944 bits per heavy atom. The van der Waals surface area contributed by atoms with Gasteiger partial charge in [-0.05, 0) is 36.3 Å². The normalized spacial score (nSPS) is 22.8. The molecule has 1 fully saturated rings. The second kappa shape index (κ2) is 4.81. The van der Waals surface area contributed by atoms with Crippen LogP contribution in [0.5, 0.6) is 0 Å². The molecule has 2 aromatic rings. The average Bonchev–Trinajstić information content (AvgIpc) is 3.21. The number of benzene rings is 2. The van der Waals surface area contributed by atoms with Crippen LogP contribution in [0, 0.1) is 5.92 Å². The fourth-order valence-corrected chi connectivity index (χ4v) is 2.69. The summed E-state index contributed by atoms with van der Waals surface area (Å²) in [4.78, 5) is 0. The van der Waals surface area contributed by atoms with E-state index < -0.39 is 0 Å². The number of hydrogen-bond donors (Lipinski definition) is 0. The van der Waals surface area contributed by atoms with E-state index in [2.05, 4.69) is 73.7 Å². The van der Waals surface area contributed by atoms with Crippen molar-refractivity contribution in [3.63, 3.8) is 0 Å². The Bertz CT molecular complexity index is 537. The second-order valence-corrected chi connectivity index (χ2v) is 5.16. The molecule has 2 aromatic carbocycles. The van der Waals surface area contributed by atoms with Crippen molar-refractivity contribution in [3.8, 4) is 0 Å². The standard InChI is InChI=1S/C18H18/c1-14(12-15-8-4-2-5-9-15)17-13-18(17)16-10-6-3-7-11-16/h2-12,17-18H,13H2,1H3/b14-12+/t17-,18-/m0/s1. The lowest BCUT2D eigenvalue weighted by Gasteiger charge is -2.02. The lowest BCUT2D eigenvalue weighted by Crippen LogP contribution is -1.85. The Balaban J connectivity index is 1.73. The minimum absolute atomic E-state index is 0.742. The number of rotatable bonds is 3. The summed E-state index contributed by atoms with van der Waals surface area (Å²) in [5.41, 5.74) is 4.31. The van der Waals surface area contributed by atoms with Crippen LogP contribution < -0.4 is 0 Å². The zero-order valence-electron chi connectivity index (χ0n) is 10.7. The molecule has 1 aliphatic carbocycles. The van der Waals surface area contributed by atoms with Crippen LogP contribution in [-0.2, 0) is 0 Å². The van der Waals surface area contributed by atoms with Crippen molar-refractivity contribution in [3.05, 3.63) is 77.4 Å². The second-order valence-electron chi connectivity index (χ2n) is 5.16. The Labute approximate surface area is 109 Å². The fourth-order valence-electron chi connectivity index (χ4n) is 2.69. The summed E-state index contributed by atoms with van der Waals surface area (Å²) in [6.45, 7) is 2.26. The molecule has 2 atom stereocenters. The third kappa shape index (κ3) is 2.38. The van der Waals surface area contributed by atoms with Gasteiger partial charge in [0.25, 0.3) is 0 Å². The highest BCUT2D eigenvalue weighted by atomic mass is 14.4. The molecule has 1 aliphatic rings. The monoisotopic (exact) mass is 234 g/mol. The Morgan fingerprint density at radius 3 is 2.22 bits per heavy atom. The van der Waals surface area contributed by atoms with Crippen molar-refractivity contribution in [1.29, 1.82) is 0 Å². The SMILES string of the molecule is C/C(=C\c1ccccc1)[C@@H]1C[C@H]1c1ccccc1. The van der Waals surface area contributed by atoms with E-state index >= 15 is 0 Å². The maximum atomic E-state index is 2.33. The molecule has 0 radical (unpaired) electrons. The fraction of sp³-hybridized carbons (Fsp3) is 0.222. The van der Waals surface area contributed by atoms with Crippen molar-refractivity contribution in [2.75, 3.05) is 0 Å². The van der Waals surface area contributed by atoms with Crippen molar-refractivity contribution < 1.29 is 0 Å². The maximum Gasteiger partial charge on any atom is -0.00902 e. The molecule has 3 rings (SSSR count). The molecule has 1 saturated carbocycles. The molecule has 0 unspecified atom stereocenters. The first-order chi connectivity index (χ1) is 8.84. The van der Waals surface area contributed by atoms with Gasteiger partial charge in [0, 0.05) is 0 Å². The van der Waals surface area contributed by atoms with Crippen LogP contribution in [0.15, 0.2) is 66.2 Å². The van der Waals surface area contributed by atoms with Gasteiger partial charge < -0.3 is 0 Å². The molecule has 0 nitrogen and oxygen atoms in total. The molecule has 90 valence electrons. The summed E-state index contributed by atoms with van der Waals surface area (Å²) < 4.78 is 0. The average molecular weight is 234 g/mol. The molecule has 18 heavy (non-hydrogen) atoms. The summed E-state index contributed by atoms with van der Waals surface area (Å²) in [6.07, 6.45) is 3.63. The van der Waals surface area contributed by atoms with Gasteiger partial charge in [-0.25, -0.2) is 0 Å². The molecule has 0 N–H and O–H groups in total. The van der Waals surface area contributed by atoms with Crippen molar-refractivity contribution in [2.45, 2.75) is 19.3 Å². The van der Waals surface area contributed by atoms with Crippen molar-refractivity contribution in [1.82, 2.24) is 0 Å². The Kier molecular flexibility index (Phi) is 3.02. The molecule has 0 heterocycles. The van der Waals surface area contributed by atoms with Gasteiger partial charge >= 0.3 is 0 Å².